The van der Waals surface area contributed by atoms with E-state index in [2.05, 4.69) is 5.32 Å². The fraction of sp³-hybridized carbons (Fsp3) is 0.391. The Hall–Kier alpha value is -2.66. The number of quaternary nitrogens is 1. The summed E-state index contributed by atoms with van der Waals surface area (Å²) in [5.74, 6) is -0.0942. The van der Waals surface area contributed by atoms with E-state index in [-0.39, 0.29) is 11.9 Å². The van der Waals surface area contributed by atoms with Crippen molar-refractivity contribution in [3.63, 3.8) is 0 Å². The number of carbonyl (C=O) groups is 2. The third-order valence-electron chi connectivity index (χ3n) is 5.89. The first-order chi connectivity index (χ1) is 13.7. The summed E-state index contributed by atoms with van der Waals surface area (Å²) in [6.45, 7) is 2.53. The highest BCUT2D eigenvalue weighted by Gasteiger charge is 2.52. The summed E-state index contributed by atoms with van der Waals surface area (Å²) < 4.78 is 0. The molecule has 0 bridgehead atoms. The highest BCUT2D eigenvalue weighted by atomic mass is 16.2. The Bertz CT molecular complexity index is 775. The number of amides is 3. The highest BCUT2D eigenvalue weighted by molar-refractivity contribution is 6.07. The molecule has 0 unspecified atom stereocenters. The molecule has 2 fully saturated rings. The second-order valence-corrected chi connectivity index (χ2v) is 8.04. The van der Waals surface area contributed by atoms with E-state index in [9.17, 15) is 9.59 Å². The summed E-state index contributed by atoms with van der Waals surface area (Å²) >= 11 is 0. The lowest BCUT2D eigenvalue weighted by molar-refractivity contribution is -0.912. The summed E-state index contributed by atoms with van der Waals surface area (Å²) in [5.41, 5.74) is 1.19. The Kier molecular flexibility index (Phi) is 5.44. The number of urea groups is 1. The molecule has 5 heteroatoms. The van der Waals surface area contributed by atoms with Gasteiger partial charge in [0.15, 0.2) is 6.67 Å². The molecule has 2 N–H and O–H groups in total. The highest BCUT2D eigenvalue weighted by Crippen LogP contribution is 2.26. The van der Waals surface area contributed by atoms with Crippen molar-refractivity contribution in [1.29, 1.82) is 0 Å². The number of nitrogens with one attached hydrogen (secondary N) is 2. The van der Waals surface area contributed by atoms with Gasteiger partial charge in [-0.3, -0.25) is 4.79 Å². The molecule has 0 saturated carbocycles. The van der Waals surface area contributed by atoms with Crippen LogP contribution in [-0.4, -0.2) is 42.1 Å². The van der Waals surface area contributed by atoms with Crippen LogP contribution in [0.2, 0.25) is 0 Å². The minimum Gasteiger partial charge on any atom is -0.322 e. The predicted octanol–water partition coefficient (Wildman–Crippen LogP) is 1.79. The molecule has 28 heavy (non-hydrogen) atoms. The molecule has 2 aliphatic heterocycles. The van der Waals surface area contributed by atoms with E-state index in [0.29, 0.717) is 19.5 Å². The third-order valence-corrected chi connectivity index (χ3v) is 5.89. The van der Waals surface area contributed by atoms with Crippen molar-refractivity contribution in [3.05, 3.63) is 71.8 Å². The molecule has 5 nitrogen and oxygen atoms in total. The second-order valence-electron chi connectivity index (χ2n) is 8.04. The molecule has 0 atom stereocenters. The summed E-state index contributed by atoms with van der Waals surface area (Å²) in [5, 5.41) is 3.08. The minimum absolute atomic E-state index is 0.0942. The molecule has 0 radical (unpaired) electrons. The van der Waals surface area contributed by atoms with Gasteiger partial charge in [0.2, 0.25) is 0 Å². The van der Waals surface area contributed by atoms with Crippen molar-refractivity contribution in [3.8, 4) is 0 Å². The van der Waals surface area contributed by atoms with Crippen LogP contribution in [0.15, 0.2) is 60.7 Å². The second kappa shape index (κ2) is 8.15. The molecule has 2 heterocycles. The third kappa shape index (κ3) is 3.94. The number of rotatable bonds is 6. The maximum absolute atomic E-state index is 13.5. The Morgan fingerprint density at radius 2 is 1.36 bits per heavy atom. The van der Waals surface area contributed by atoms with Crippen LogP contribution in [0.3, 0.4) is 0 Å². The number of benzene rings is 2. The first-order valence-electron chi connectivity index (χ1n) is 10.2. The monoisotopic (exact) mass is 378 g/mol. The first-order valence-corrected chi connectivity index (χ1v) is 10.2. The van der Waals surface area contributed by atoms with Gasteiger partial charge >= 0.3 is 6.03 Å². The van der Waals surface area contributed by atoms with E-state index >= 15 is 0 Å². The van der Waals surface area contributed by atoms with Crippen molar-refractivity contribution in [2.45, 2.75) is 37.6 Å². The van der Waals surface area contributed by atoms with E-state index in [1.54, 1.807) is 0 Å². The maximum Gasteiger partial charge on any atom is 0.329 e. The average Bonchev–Trinajstić information content (AvgIpc) is 2.94. The Balaban J connectivity index is 1.60. The van der Waals surface area contributed by atoms with Gasteiger partial charge in [0.25, 0.3) is 5.91 Å². The van der Waals surface area contributed by atoms with E-state index in [4.69, 9.17) is 0 Å². The molecule has 4 rings (SSSR count). The fourth-order valence-electron chi connectivity index (χ4n) is 4.44. The van der Waals surface area contributed by atoms with E-state index in [0.717, 1.165) is 37.1 Å². The summed E-state index contributed by atoms with van der Waals surface area (Å²) in [6.07, 6.45) is 4.57. The lowest BCUT2D eigenvalue weighted by Crippen LogP contribution is -3.14. The van der Waals surface area contributed by atoms with Crippen molar-refractivity contribution in [1.82, 2.24) is 10.2 Å². The molecule has 2 aliphatic rings. The smallest absolute Gasteiger partial charge is 0.322 e. The number of likely N-dealkylation sites (tertiary alicyclic amines) is 1. The van der Waals surface area contributed by atoms with Crippen LogP contribution in [0.25, 0.3) is 0 Å². The Morgan fingerprint density at radius 3 is 1.89 bits per heavy atom. The molecule has 2 saturated heterocycles. The van der Waals surface area contributed by atoms with Gasteiger partial charge in [-0.25, -0.2) is 9.69 Å². The molecule has 2 aromatic rings. The van der Waals surface area contributed by atoms with Crippen LogP contribution in [0.1, 0.15) is 30.4 Å². The van der Waals surface area contributed by atoms with Crippen molar-refractivity contribution < 1.29 is 14.5 Å². The molecule has 0 spiro atoms. The quantitative estimate of drug-likeness (QED) is 0.753. The van der Waals surface area contributed by atoms with Crippen molar-refractivity contribution in [2.75, 3.05) is 19.8 Å². The zero-order valence-corrected chi connectivity index (χ0v) is 16.2. The largest absolute Gasteiger partial charge is 0.329 e. The average molecular weight is 378 g/mol. The van der Waals surface area contributed by atoms with E-state index < -0.39 is 5.54 Å². The first kappa shape index (κ1) is 18.7. The number of nitrogens with zero attached hydrogens (tertiary/aromatic N) is 1. The Labute approximate surface area is 166 Å². The molecule has 3 amide bonds. The number of carbonyl (C=O) groups excluding carboxylic acids is 2. The topological polar surface area (TPSA) is 53.9 Å². The summed E-state index contributed by atoms with van der Waals surface area (Å²) in [4.78, 5) is 29.2. The lowest BCUT2D eigenvalue weighted by Gasteiger charge is -2.29. The molecule has 146 valence electrons. The SMILES string of the molecule is O=C1NC(Cc2ccccc2)(Cc2ccccc2)C(=O)N1C[NH+]1CCCCC1. The van der Waals surface area contributed by atoms with Crippen LogP contribution in [-0.2, 0) is 17.6 Å². The minimum atomic E-state index is -0.922. The van der Waals surface area contributed by atoms with E-state index in [1.807, 2.05) is 60.7 Å². The van der Waals surface area contributed by atoms with Crippen LogP contribution in [0, 0.1) is 0 Å². The van der Waals surface area contributed by atoms with Crippen LogP contribution < -0.4 is 10.2 Å². The van der Waals surface area contributed by atoms with Gasteiger partial charge < -0.3 is 10.2 Å². The molecule has 2 aromatic carbocycles. The van der Waals surface area contributed by atoms with Crippen LogP contribution >= 0.6 is 0 Å². The van der Waals surface area contributed by atoms with Gasteiger partial charge in [0.1, 0.15) is 5.54 Å². The van der Waals surface area contributed by atoms with Crippen LogP contribution in [0.4, 0.5) is 4.79 Å². The van der Waals surface area contributed by atoms with Gasteiger partial charge in [-0.05, 0) is 30.4 Å². The zero-order chi connectivity index (χ0) is 19.4. The maximum atomic E-state index is 13.5. The van der Waals surface area contributed by atoms with Gasteiger partial charge in [0, 0.05) is 12.8 Å². The van der Waals surface area contributed by atoms with Crippen LogP contribution in [0.5, 0.6) is 0 Å². The van der Waals surface area contributed by atoms with Gasteiger partial charge in [-0.1, -0.05) is 60.7 Å². The van der Waals surface area contributed by atoms with Crippen molar-refractivity contribution >= 4 is 11.9 Å². The Morgan fingerprint density at radius 1 is 0.821 bits per heavy atom. The number of hydrogen-bond donors (Lipinski definition) is 2. The van der Waals surface area contributed by atoms with Gasteiger partial charge in [-0.15, -0.1) is 0 Å². The molecule has 0 aliphatic carbocycles. The molecular formula is C23H28N3O2+. The standard InChI is InChI=1S/C23H27N3O2/c27-21-23(16-19-10-4-1-5-11-19,17-20-12-6-2-7-13-20)24-22(28)26(21)18-25-14-8-3-9-15-25/h1-2,4-7,10-13H,3,8-9,14-18H2,(H,24,28)/p+1. The number of piperidine rings is 1. The predicted molar refractivity (Wildman–Crippen MR) is 108 cm³/mol. The summed E-state index contributed by atoms with van der Waals surface area (Å²) in [7, 11) is 0. The van der Waals surface area contributed by atoms with Gasteiger partial charge in [-0.2, -0.15) is 0 Å². The summed E-state index contributed by atoms with van der Waals surface area (Å²) in [6, 6.07) is 19.7. The van der Waals surface area contributed by atoms with E-state index in [1.165, 1.54) is 16.2 Å². The van der Waals surface area contributed by atoms with Gasteiger partial charge in [0.05, 0.1) is 13.1 Å². The molecular weight excluding hydrogens is 350 g/mol. The number of hydrogen-bond acceptors (Lipinski definition) is 2. The normalized spacial score (nSPS) is 19.6. The fourth-order valence-corrected chi connectivity index (χ4v) is 4.44. The number of imide groups is 1. The molecule has 0 aromatic heterocycles. The van der Waals surface area contributed by atoms with Crippen molar-refractivity contribution in [2.24, 2.45) is 0 Å². The lowest BCUT2D eigenvalue weighted by atomic mass is 9.84. The zero-order valence-electron chi connectivity index (χ0n) is 16.2.